The number of carbonyl (C=O) groups is 1. The Hall–Kier alpha value is -0.890. The summed E-state index contributed by atoms with van der Waals surface area (Å²) < 4.78 is 17.0. The van der Waals surface area contributed by atoms with Crippen LogP contribution in [0.2, 0.25) is 0 Å². The maximum Gasteiger partial charge on any atom is 0.410 e. The van der Waals surface area contributed by atoms with Crippen LogP contribution in [0.25, 0.3) is 0 Å². The zero-order valence-corrected chi connectivity index (χ0v) is 17.0. The highest BCUT2D eigenvalue weighted by molar-refractivity contribution is 5.69. The second-order valence-electron chi connectivity index (χ2n) is 9.06. The highest BCUT2D eigenvalue weighted by Crippen LogP contribution is 2.42. The van der Waals surface area contributed by atoms with Crippen LogP contribution in [0, 0.1) is 0 Å². The van der Waals surface area contributed by atoms with Gasteiger partial charge >= 0.3 is 6.09 Å². The summed E-state index contributed by atoms with van der Waals surface area (Å²) in [4.78, 5) is 17.0. The third-order valence-electron chi connectivity index (χ3n) is 7.48. The molecular weight excluding hydrogens is 346 g/mol. The van der Waals surface area contributed by atoms with Crippen LogP contribution in [-0.2, 0) is 14.2 Å². The van der Waals surface area contributed by atoms with Crippen molar-refractivity contribution >= 4 is 6.09 Å². The van der Waals surface area contributed by atoms with Crippen molar-refractivity contribution in [2.75, 3.05) is 33.2 Å². The smallest absolute Gasteiger partial charge is 0.410 e. The first kappa shape index (κ1) is 19.4. The average molecular weight is 382 g/mol. The lowest BCUT2D eigenvalue weighted by Crippen LogP contribution is -2.64. The molecule has 1 amide bonds. The molecule has 0 aromatic rings. The molecule has 154 valence electrons. The first-order chi connectivity index (χ1) is 13.0. The van der Waals surface area contributed by atoms with Crippen LogP contribution in [-0.4, -0.2) is 78.4 Å². The molecule has 4 fully saturated rings. The molecule has 1 N–H and O–H groups in total. The number of fused-ring (bicyclic) bond motifs is 2. The molecule has 0 aliphatic carbocycles. The Bertz CT molecular complexity index is 533. The van der Waals surface area contributed by atoms with Crippen molar-refractivity contribution in [3.05, 3.63) is 0 Å². The molecule has 4 saturated heterocycles. The topological polar surface area (TPSA) is 63.3 Å². The molecule has 0 aromatic heterocycles. The van der Waals surface area contributed by atoms with E-state index in [0.29, 0.717) is 38.3 Å². The van der Waals surface area contributed by atoms with E-state index in [-0.39, 0.29) is 17.2 Å². The summed E-state index contributed by atoms with van der Waals surface area (Å²) in [6, 6.07) is 1.28. The van der Waals surface area contributed by atoms with Crippen molar-refractivity contribution in [2.24, 2.45) is 0 Å². The SMILES string of the molecule is CCOC(=O)N1C2CCC1CC(N1CCC3(CC1)OCOCNC3(C)C)C2. The number of hydrogen-bond acceptors (Lipinski definition) is 6. The van der Waals surface area contributed by atoms with Gasteiger partial charge in [-0.05, 0) is 59.3 Å². The van der Waals surface area contributed by atoms with E-state index in [4.69, 9.17) is 14.2 Å². The largest absolute Gasteiger partial charge is 0.450 e. The lowest BCUT2D eigenvalue weighted by molar-refractivity contribution is -0.165. The van der Waals surface area contributed by atoms with Crippen molar-refractivity contribution in [1.29, 1.82) is 0 Å². The molecule has 4 aliphatic rings. The van der Waals surface area contributed by atoms with Gasteiger partial charge in [0.15, 0.2) is 0 Å². The van der Waals surface area contributed by atoms with Crippen LogP contribution in [0.5, 0.6) is 0 Å². The summed E-state index contributed by atoms with van der Waals surface area (Å²) in [6.45, 7) is 9.83. The van der Waals surface area contributed by atoms with Gasteiger partial charge in [-0.15, -0.1) is 0 Å². The van der Waals surface area contributed by atoms with Gasteiger partial charge in [0, 0.05) is 36.8 Å². The fourth-order valence-corrected chi connectivity index (χ4v) is 5.73. The van der Waals surface area contributed by atoms with E-state index >= 15 is 0 Å². The van der Waals surface area contributed by atoms with Gasteiger partial charge in [0.1, 0.15) is 6.79 Å². The van der Waals surface area contributed by atoms with Gasteiger partial charge in [-0.2, -0.15) is 0 Å². The number of ether oxygens (including phenoxy) is 3. The summed E-state index contributed by atoms with van der Waals surface area (Å²) in [5, 5.41) is 3.51. The van der Waals surface area contributed by atoms with E-state index in [1.807, 2.05) is 11.8 Å². The second kappa shape index (κ2) is 7.50. The highest BCUT2D eigenvalue weighted by Gasteiger charge is 2.51. The first-order valence-electron chi connectivity index (χ1n) is 10.6. The Morgan fingerprint density at radius 1 is 1.15 bits per heavy atom. The summed E-state index contributed by atoms with van der Waals surface area (Å²) in [5.74, 6) is 0. The van der Waals surface area contributed by atoms with Gasteiger partial charge in [-0.25, -0.2) is 4.79 Å². The van der Waals surface area contributed by atoms with Crippen LogP contribution in [0.3, 0.4) is 0 Å². The number of hydrogen-bond donors (Lipinski definition) is 1. The van der Waals surface area contributed by atoms with Crippen molar-refractivity contribution in [2.45, 2.75) is 88.6 Å². The normalized spacial score (nSPS) is 35.8. The molecule has 2 atom stereocenters. The van der Waals surface area contributed by atoms with Crippen LogP contribution in [0.15, 0.2) is 0 Å². The summed E-state index contributed by atoms with van der Waals surface area (Å²) in [5.41, 5.74) is -0.257. The molecule has 0 radical (unpaired) electrons. The van der Waals surface area contributed by atoms with Crippen LogP contribution in [0.4, 0.5) is 4.79 Å². The monoisotopic (exact) mass is 381 g/mol. The van der Waals surface area contributed by atoms with Crippen molar-refractivity contribution in [3.8, 4) is 0 Å². The second-order valence-corrected chi connectivity index (χ2v) is 9.06. The van der Waals surface area contributed by atoms with Gasteiger partial charge in [-0.3, -0.25) is 5.32 Å². The van der Waals surface area contributed by atoms with Gasteiger partial charge in [0.05, 0.1) is 18.9 Å². The van der Waals surface area contributed by atoms with Crippen molar-refractivity contribution in [3.63, 3.8) is 0 Å². The third kappa shape index (κ3) is 3.48. The lowest BCUT2D eigenvalue weighted by Gasteiger charge is -2.52. The molecule has 27 heavy (non-hydrogen) atoms. The molecule has 2 bridgehead atoms. The molecular formula is C20H35N3O4. The Kier molecular flexibility index (Phi) is 5.40. The third-order valence-corrected chi connectivity index (χ3v) is 7.48. The van der Waals surface area contributed by atoms with Gasteiger partial charge < -0.3 is 24.0 Å². The number of likely N-dealkylation sites (tertiary alicyclic amines) is 1. The summed E-state index contributed by atoms with van der Waals surface area (Å²) in [6.07, 6.45) is 6.32. The predicted octanol–water partition coefficient (Wildman–Crippen LogP) is 2.30. The molecule has 4 rings (SSSR count). The average Bonchev–Trinajstić information content (AvgIpc) is 2.82. The van der Waals surface area contributed by atoms with E-state index in [1.54, 1.807) is 0 Å². The number of nitrogens with one attached hydrogen (secondary N) is 1. The van der Waals surface area contributed by atoms with Crippen LogP contribution in [0.1, 0.15) is 59.3 Å². The Morgan fingerprint density at radius 2 is 1.81 bits per heavy atom. The number of piperidine rings is 2. The first-order valence-corrected chi connectivity index (χ1v) is 10.6. The van der Waals surface area contributed by atoms with E-state index < -0.39 is 0 Å². The van der Waals surface area contributed by atoms with Crippen molar-refractivity contribution < 1.29 is 19.0 Å². The van der Waals surface area contributed by atoms with Crippen molar-refractivity contribution in [1.82, 2.24) is 15.1 Å². The number of nitrogens with zero attached hydrogens (tertiary/aromatic N) is 2. The minimum absolute atomic E-state index is 0.0953. The summed E-state index contributed by atoms with van der Waals surface area (Å²) in [7, 11) is 0. The van der Waals surface area contributed by atoms with E-state index in [0.717, 1.165) is 51.6 Å². The molecule has 0 saturated carbocycles. The maximum absolute atomic E-state index is 12.3. The van der Waals surface area contributed by atoms with Crippen LogP contribution >= 0.6 is 0 Å². The molecule has 0 aromatic carbocycles. The molecule has 4 aliphatic heterocycles. The maximum atomic E-state index is 12.3. The zero-order chi connectivity index (χ0) is 19.1. The lowest BCUT2D eigenvalue weighted by atomic mass is 9.75. The highest BCUT2D eigenvalue weighted by atomic mass is 16.7. The Morgan fingerprint density at radius 3 is 2.44 bits per heavy atom. The Labute approximate surface area is 162 Å². The quantitative estimate of drug-likeness (QED) is 0.792. The minimum atomic E-state index is -0.162. The van der Waals surface area contributed by atoms with E-state index in [1.165, 1.54) is 0 Å². The summed E-state index contributed by atoms with van der Waals surface area (Å²) >= 11 is 0. The fraction of sp³-hybridized carbons (Fsp3) is 0.950. The predicted molar refractivity (Wildman–Crippen MR) is 101 cm³/mol. The standard InChI is InChI=1S/C20H35N3O4/c1-4-26-18(24)23-15-5-6-16(23)12-17(11-15)22-9-7-20(8-10-22)19(2,3)21-13-25-14-27-20/h15-17,21H,4-14H2,1-3H3. The molecule has 4 heterocycles. The zero-order valence-electron chi connectivity index (χ0n) is 17.0. The van der Waals surface area contributed by atoms with Gasteiger partial charge in [-0.1, -0.05) is 0 Å². The fourth-order valence-electron chi connectivity index (χ4n) is 5.73. The van der Waals surface area contributed by atoms with E-state index in [2.05, 4.69) is 24.1 Å². The minimum Gasteiger partial charge on any atom is -0.450 e. The molecule has 7 nitrogen and oxygen atoms in total. The molecule has 2 unspecified atom stereocenters. The van der Waals surface area contributed by atoms with Crippen LogP contribution < -0.4 is 5.32 Å². The molecule has 1 spiro atoms. The van der Waals surface area contributed by atoms with Gasteiger partial charge in [0.25, 0.3) is 0 Å². The Balaban J connectivity index is 1.38. The van der Waals surface area contributed by atoms with Gasteiger partial charge in [0.2, 0.25) is 0 Å². The van der Waals surface area contributed by atoms with E-state index in [9.17, 15) is 4.79 Å². The number of amides is 1. The molecule has 7 heteroatoms. The number of rotatable bonds is 2. The number of carbonyl (C=O) groups excluding carboxylic acids is 1.